The van der Waals surface area contributed by atoms with Gasteiger partial charge in [-0.2, -0.15) is 9.97 Å². The molecule has 1 fully saturated rings. The fourth-order valence-corrected chi connectivity index (χ4v) is 6.05. The number of hydrogen-bond donors (Lipinski definition) is 4. The molecule has 3 heterocycles. The second kappa shape index (κ2) is 16.7. The van der Waals surface area contributed by atoms with Crippen molar-refractivity contribution in [3.05, 3.63) is 53.9 Å². The number of imide groups is 1. The fourth-order valence-electron chi connectivity index (χ4n) is 6.05. The number of carboxylic acid groups (broad SMARTS) is 2. The highest BCUT2D eigenvalue weighted by Crippen LogP contribution is 2.31. The van der Waals surface area contributed by atoms with E-state index in [2.05, 4.69) is 19.9 Å². The number of carbonyl (C=O) groups excluding carboxylic acids is 5. The van der Waals surface area contributed by atoms with Crippen molar-refractivity contribution < 1.29 is 53.2 Å². The number of aliphatic carboxylic acids is 2. The van der Waals surface area contributed by atoms with Crippen LogP contribution in [0.25, 0.3) is 11.2 Å². The Morgan fingerprint density at radius 1 is 0.925 bits per heavy atom. The van der Waals surface area contributed by atoms with Crippen molar-refractivity contribution >= 4 is 70.2 Å². The Bertz CT molecular complexity index is 1940. The van der Waals surface area contributed by atoms with Gasteiger partial charge in [0.1, 0.15) is 0 Å². The zero-order valence-corrected chi connectivity index (χ0v) is 28.3. The molecule has 0 spiro atoms. The van der Waals surface area contributed by atoms with Gasteiger partial charge in [-0.3, -0.25) is 38.6 Å². The van der Waals surface area contributed by atoms with Crippen LogP contribution in [0.2, 0.25) is 0 Å². The maximum atomic E-state index is 13.5. The summed E-state index contributed by atoms with van der Waals surface area (Å²) in [6.45, 7) is -0.686. The van der Waals surface area contributed by atoms with Crippen LogP contribution in [0.15, 0.2) is 42.6 Å². The third-order valence-corrected chi connectivity index (χ3v) is 8.94. The van der Waals surface area contributed by atoms with E-state index < -0.39 is 61.3 Å². The first-order valence-electron chi connectivity index (χ1n) is 16.6. The maximum Gasteiger partial charge on any atom is 0.417 e. The molecule has 19 heteroatoms. The topological polar surface area (TPSA) is 288 Å². The number of benzene rings is 1. The second-order valence-electron chi connectivity index (χ2n) is 12.6. The Kier molecular flexibility index (Phi) is 11.9. The number of nitrogens with zero attached hydrogens (tertiary/aromatic N) is 6. The lowest BCUT2D eigenvalue weighted by Crippen LogP contribution is -2.37. The van der Waals surface area contributed by atoms with Gasteiger partial charge in [-0.05, 0) is 62.3 Å². The molecule has 1 aromatic carbocycles. The molecule has 3 amide bonds. The molecule has 2 aromatic heterocycles. The molecular formula is C34H36N8O11. The highest BCUT2D eigenvalue weighted by molar-refractivity contribution is 6.12. The standard InChI is InChI=1S/C34H36N8O11/c35-29-28-30(40-33(36)39-29)37-14-22(38-28)16-41(23-8-5-19(6-9-23)24(43)13-21(31(48)49)7-12-27(46)47)34(51)53-17-52-32(50)20-3-1-18(2-4-20)15-42-25(44)10-11-26(42)45/h5-6,8-11,14,18,20-21H,1-4,7,12-13,15-17H2,(H,46,47)(H,48,49)(H4,35,36,37,39,40)/t18?,20?,21-/m1/s1. The van der Waals surface area contributed by atoms with Crippen LogP contribution in [-0.4, -0.2) is 90.0 Å². The van der Waals surface area contributed by atoms with E-state index in [0.29, 0.717) is 25.7 Å². The number of ketones is 1. The molecule has 6 N–H and O–H groups in total. The summed E-state index contributed by atoms with van der Waals surface area (Å²) in [4.78, 5) is 104. The van der Waals surface area contributed by atoms with Crippen LogP contribution in [0.4, 0.5) is 22.2 Å². The Morgan fingerprint density at radius 2 is 1.60 bits per heavy atom. The average Bonchev–Trinajstić information content (AvgIpc) is 3.44. The van der Waals surface area contributed by atoms with Crippen LogP contribution in [0, 0.1) is 17.8 Å². The van der Waals surface area contributed by atoms with Crippen molar-refractivity contribution in [3.8, 4) is 0 Å². The molecule has 0 radical (unpaired) electrons. The van der Waals surface area contributed by atoms with E-state index in [9.17, 15) is 38.7 Å². The zero-order valence-electron chi connectivity index (χ0n) is 28.3. The SMILES string of the molecule is Nc1nc(N)c2nc(CN(C(=O)OCOC(=O)C3CCC(CN4C(=O)C=CC4=O)CC3)c3ccc(C(=O)C[C@@H](CCC(=O)O)C(=O)O)cc3)cnc2n1. The van der Waals surface area contributed by atoms with E-state index in [-0.39, 0.29) is 77.1 Å². The molecule has 1 atom stereocenters. The number of Topliss-reactive ketones (excluding diaryl/α,β-unsaturated/α-hetero) is 1. The van der Waals surface area contributed by atoms with Gasteiger partial charge in [0.25, 0.3) is 11.8 Å². The molecule has 19 nitrogen and oxygen atoms in total. The smallest absolute Gasteiger partial charge is 0.417 e. The lowest BCUT2D eigenvalue weighted by Gasteiger charge is -2.29. The molecule has 0 bridgehead atoms. The van der Waals surface area contributed by atoms with Gasteiger partial charge in [0, 0.05) is 42.8 Å². The van der Waals surface area contributed by atoms with Crippen molar-refractivity contribution in [2.45, 2.75) is 51.5 Å². The van der Waals surface area contributed by atoms with E-state index in [4.69, 9.17) is 26.0 Å². The molecule has 1 saturated carbocycles. The number of carbonyl (C=O) groups is 7. The lowest BCUT2D eigenvalue weighted by molar-refractivity contribution is -0.158. The average molecular weight is 733 g/mol. The molecule has 1 aliphatic heterocycles. The van der Waals surface area contributed by atoms with Gasteiger partial charge in [-0.15, -0.1) is 0 Å². The highest BCUT2D eigenvalue weighted by atomic mass is 16.7. The molecule has 3 aromatic rings. The number of carboxylic acids is 2. The minimum Gasteiger partial charge on any atom is -0.481 e. The normalized spacial score (nSPS) is 17.4. The fraction of sp³-hybridized carbons (Fsp3) is 0.382. The van der Waals surface area contributed by atoms with Crippen molar-refractivity contribution in [1.82, 2.24) is 24.8 Å². The van der Waals surface area contributed by atoms with Crippen LogP contribution in [0.1, 0.15) is 61.0 Å². The van der Waals surface area contributed by atoms with Gasteiger partial charge in [-0.1, -0.05) is 0 Å². The minimum atomic E-state index is -1.30. The van der Waals surface area contributed by atoms with Gasteiger partial charge < -0.3 is 31.2 Å². The van der Waals surface area contributed by atoms with Gasteiger partial charge in [0.15, 0.2) is 22.8 Å². The van der Waals surface area contributed by atoms with Gasteiger partial charge in [-0.25, -0.2) is 14.8 Å². The Labute approximate surface area is 301 Å². The number of hydrogen-bond acceptors (Lipinski definition) is 15. The monoisotopic (exact) mass is 732 g/mol. The number of ether oxygens (including phenoxy) is 2. The molecule has 278 valence electrons. The minimum absolute atomic E-state index is 0.0437. The van der Waals surface area contributed by atoms with Crippen LogP contribution >= 0.6 is 0 Å². The first kappa shape index (κ1) is 37.7. The summed E-state index contributed by atoms with van der Waals surface area (Å²) in [5.41, 5.74) is 12.4. The van der Waals surface area contributed by atoms with E-state index in [1.807, 2.05) is 0 Å². The number of amides is 3. The Balaban J connectivity index is 1.24. The van der Waals surface area contributed by atoms with Crippen molar-refractivity contribution in [1.29, 1.82) is 0 Å². The number of anilines is 3. The quantitative estimate of drug-likeness (QED) is 0.0753. The molecule has 1 aliphatic carbocycles. The number of aromatic nitrogens is 4. The summed E-state index contributed by atoms with van der Waals surface area (Å²) in [7, 11) is 0. The number of nitrogen functional groups attached to an aromatic ring is 2. The first-order valence-corrected chi connectivity index (χ1v) is 16.6. The third kappa shape index (κ3) is 9.63. The summed E-state index contributed by atoms with van der Waals surface area (Å²) < 4.78 is 10.6. The van der Waals surface area contributed by atoms with E-state index in [0.717, 1.165) is 4.90 Å². The van der Waals surface area contributed by atoms with Crippen molar-refractivity contribution in [2.24, 2.45) is 17.8 Å². The zero-order chi connectivity index (χ0) is 38.2. The third-order valence-electron chi connectivity index (χ3n) is 8.94. The van der Waals surface area contributed by atoms with Crippen molar-refractivity contribution in [2.75, 3.05) is 29.7 Å². The predicted molar refractivity (Wildman–Crippen MR) is 182 cm³/mol. The molecule has 0 unspecified atom stereocenters. The summed E-state index contributed by atoms with van der Waals surface area (Å²) in [5.74, 6) is -6.08. The Hall–Kier alpha value is -6.53. The van der Waals surface area contributed by atoms with E-state index >= 15 is 0 Å². The molecule has 5 rings (SSSR count). The van der Waals surface area contributed by atoms with Crippen LogP contribution < -0.4 is 16.4 Å². The Morgan fingerprint density at radius 3 is 2.25 bits per heavy atom. The van der Waals surface area contributed by atoms with Crippen molar-refractivity contribution in [3.63, 3.8) is 0 Å². The number of fused-ring (bicyclic) bond motifs is 1. The second-order valence-corrected chi connectivity index (χ2v) is 12.6. The van der Waals surface area contributed by atoms with E-state index in [1.165, 1.54) is 47.5 Å². The number of nitrogens with two attached hydrogens (primary N) is 2. The summed E-state index contributed by atoms with van der Waals surface area (Å²) in [6, 6.07) is 5.57. The van der Waals surface area contributed by atoms with E-state index in [1.54, 1.807) is 0 Å². The van der Waals surface area contributed by atoms with Crippen LogP contribution in [0.3, 0.4) is 0 Å². The maximum absolute atomic E-state index is 13.5. The predicted octanol–water partition coefficient (Wildman–Crippen LogP) is 2.10. The highest BCUT2D eigenvalue weighted by Gasteiger charge is 2.32. The molecular weight excluding hydrogens is 696 g/mol. The van der Waals surface area contributed by atoms with Gasteiger partial charge in [0.05, 0.1) is 30.3 Å². The van der Waals surface area contributed by atoms with Crippen LogP contribution in [0.5, 0.6) is 0 Å². The lowest BCUT2D eigenvalue weighted by atomic mass is 9.82. The molecule has 0 saturated heterocycles. The van der Waals surface area contributed by atoms with Gasteiger partial charge in [0.2, 0.25) is 12.7 Å². The summed E-state index contributed by atoms with van der Waals surface area (Å²) in [5, 5.41) is 18.4. The first-order chi connectivity index (χ1) is 25.3. The molecule has 53 heavy (non-hydrogen) atoms. The summed E-state index contributed by atoms with van der Waals surface area (Å²) >= 11 is 0. The molecule has 2 aliphatic rings. The van der Waals surface area contributed by atoms with Crippen LogP contribution in [-0.2, 0) is 40.0 Å². The largest absolute Gasteiger partial charge is 0.481 e. The van der Waals surface area contributed by atoms with Gasteiger partial charge >= 0.3 is 24.0 Å². The number of rotatable bonds is 15. The number of esters is 1. The summed E-state index contributed by atoms with van der Waals surface area (Å²) in [6.07, 6.45) is 3.87.